The normalized spacial score (nSPS) is 38.6. The lowest BCUT2D eigenvalue weighted by atomic mass is 9.47. The van der Waals surface area contributed by atoms with Crippen LogP contribution < -0.4 is 9.47 Å². The van der Waals surface area contributed by atoms with Crippen LogP contribution in [0.1, 0.15) is 35.2 Å². The Bertz CT molecular complexity index is 924. The summed E-state index contributed by atoms with van der Waals surface area (Å²) in [6.45, 7) is 6.06. The largest absolute Gasteiger partial charge is 0.493 e. The number of hydrogen-bond donors (Lipinski definition) is 1. The van der Waals surface area contributed by atoms with E-state index in [1.165, 1.54) is 0 Å². The van der Waals surface area contributed by atoms with E-state index in [2.05, 4.69) is 11.5 Å². The molecular formula is C22H25NO6. The van der Waals surface area contributed by atoms with Crippen molar-refractivity contribution in [3.8, 4) is 11.5 Å². The topological polar surface area (TPSA) is 77.5 Å². The van der Waals surface area contributed by atoms with Crippen LogP contribution in [0.2, 0.25) is 0 Å². The summed E-state index contributed by atoms with van der Waals surface area (Å²) in [5, 5.41) is 12.3. The smallest absolute Gasteiger partial charge is 0.207 e. The van der Waals surface area contributed by atoms with Gasteiger partial charge in [-0.05, 0) is 25.0 Å². The molecule has 7 nitrogen and oxygen atoms in total. The summed E-state index contributed by atoms with van der Waals surface area (Å²) in [4.78, 5) is 15.7. The van der Waals surface area contributed by atoms with Gasteiger partial charge >= 0.3 is 0 Å². The molecule has 1 N–H and O–H groups in total. The molecule has 1 aromatic rings. The van der Waals surface area contributed by atoms with Crippen molar-refractivity contribution in [2.75, 3.05) is 33.4 Å². The summed E-state index contributed by atoms with van der Waals surface area (Å²) in [7, 11) is 1.59. The average Bonchev–Trinajstić information content (AvgIpc) is 3.32. The molecule has 0 aromatic heterocycles. The van der Waals surface area contributed by atoms with Gasteiger partial charge in [-0.1, -0.05) is 6.08 Å². The standard InChI is InChI=1S/C22H25NO6/c1-3-9-23-10-8-20-15-13-4-5-14(26-2)17(15)29-19(20)22(27-11-12-28-22)7-6-21(20,25)18(23)16(13)24/h3-5,18-19,25H,1,6-12H2,2H3/t18-,19+,20+,21-/m1/s1. The lowest BCUT2D eigenvalue weighted by Gasteiger charge is -2.64. The van der Waals surface area contributed by atoms with E-state index in [1.807, 2.05) is 6.07 Å². The van der Waals surface area contributed by atoms with Gasteiger partial charge in [-0.15, -0.1) is 6.58 Å². The number of ether oxygens (including phenoxy) is 4. The fourth-order valence-corrected chi connectivity index (χ4v) is 6.73. The van der Waals surface area contributed by atoms with Crippen molar-refractivity contribution in [3.63, 3.8) is 0 Å². The molecule has 5 aliphatic rings. The first-order valence-electron chi connectivity index (χ1n) is 10.3. The van der Waals surface area contributed by atoms with Crippen molar-refractivity contribution >= 4 is 5.78 Å². The van der Waals surface area contributed by atoms with Gasteiger partial charge in [0.05, 0.1) is 25.7 Å². The van der Waals surface area contributed by atoms with E-state index in [-0.39, 0.29) is 5.78 Å². The van der Waals surface area contributed by atoms with Crippen molar-refractivity contribution in [1.29, 1.82) is 0 Å². The molecule has 7 heteroatoms. The maximum absolute atomic E-state index is 13.7. The van der Waals surface area contributed by atoms with Gasteiger partial charge in [-0.2, -0.15) is 0 Å². The number of carbonyl (C=O) groups is 1. The maximum atomic E-state index is 13.7. The predicted molar refractivity (Wildman–Crippen MR) is 102 cm³/mol. The summed E-state index contributed by atoms with van der Waals surface area (Å²) in [6, 6.07) is 2.96. The number of aliphatic hydroxyl groups is 1. The number of benzene rings is 1. The third-order valence-corrected chi connectivity index (χ3v) is 7.76. The van der Waals surface area contributed by atoms with E-state index < -0.39 is 28.9 Å². The summed E-state index contributed by atoms with van der Waals surface area (Å²) in [5.74, 6) is 0.164. The number of carbonyl (C=O) groups excluding carboxylic acids is 1. The van der Waals surface area contributed by atoms with Crippen LogP contribution in [0.3, 0.4) is 0 Å². The highest BCUT2D eigenvalue weighted by molar-refractivity contribution is 6.06. The molecule has 1 aromatic carbocycles. The Morgan fingerprint density at radius 1 is 1.31 bits per heavy atom. The second kappa shape index (κ2) is 5.60. The number of hydrogen-bond acceptors (Lipinski definition) is 7. The fourth-order valence-electron chi connectivity index (χ4n) is 6.73. The van der Waals surface area contributed by atoms with E-state index in [0.29, 0.717) is 62.6 Å². The van der Waals surface area contributed by atoms with E-state index in [0.717, 1.165) is 5.56 Å². The number of ketones is 1. The lowest BCUT2D eigenvalue weighted by Crippen LogP contribution is -2.80. The highest BCUT2D eigenvalue weighted by atomic mass is 16.8. The SMILES string of the molecule is C=CCN1CC[C@]23c4c5ccc(OC)c4O[C@@H]2C2(CC[C@@]3(O)[C@H]1C5=O)OCCO2. The highest BCUT2D eigenvalue weighted by Crippen LogP contribution is 2.67. The molecule has 3 heterocycles. The summed E-state index contributed by atoms with van der Waals surface area (Å²) in [5.41, 5.74) is -0.643. The predicted octanol–water partition coefficient (Wildman–Crippen LogP) is 1.42. The minimum Gasteiger partial charge on any atom is -0.493 e. The molecule has 2 aliphatic carbocycles. The van der Waals surface area contributed by atoms with Crippen molar-refractivity contribution in [2.24, 2.45) is 0 Å². The quantitative estimate of drug-likeness (QED) is 0.771. The minimum atomic E-state index is -1.26. The van der Waals surface area contributed by atoms with Crippen LogP contribution in [0, 0.1) is 0 Å². The number of methoxy groups -OCH3 is 1. The number of piperidine rings is 1. The molecule has 154 valence electrons. The molecule has 0 amide bonds. The maximum Gasteiger partial charge on any atom is 0.207 e. The zero-order valence-corrected chi connectivity index (χ0v) is 16.5. The number of nitrogens with zero attached hydrogens (tertiary/aromatic N) is 1. The summed E-state index contributed by atoms with van der Waals surface area (Å²) < 4.78 is 24.4. The molecule has 29 heavy (non-hydrogen) atoms. The Labute approximate surface area is 169 Å². The van der Waals surface area contributed by atoms with Gasteiger partial charge in [-0.25, -0.2) is 0 Å². The van der Waals surface area contributed by atoms with Crippen molar-refractivity contribution in [2.45, 2.75) is 48.2 Å². The van der Waals surface area contributed by atoms with Crippen LogP contribution in [0.5, 0.6) is 11.5 Å². The van der Waals surface area contributed by atoms with Crippen LogP contribution >= 0.6 is 0 Å². The van der Waals surface area contributed by atoms with Gasteiger partial charge < -0.3 is 24.1 Å². The van der Waals surface area contributed by atoms with Gasteiger partial charge in [-0.3, -0.25) is 9.69 Å². The molecule has 3 fully saturated rings. The van der Waals surface area contributed by atoms with Gasteiger partial charge in [0.15, 0.2) is 23.4 Å². The van der Waals surface area contributed by atoms with Crippen molar-refractivity contribution in [1.82, 2.24) is 4.90 Å². The summed E-state index contributed by atoms with van der Waals surface area (Å²) in [6.07, 6.45) is 2.80. The first-order chi connectivity index (χ1) is 14.0. The van der Waals surface area contributed by atoms with Gasteiger partial charge in [0.1, 0.15) is 11.6 Å². The molecule has 0 unspecified atom stereocenters. The molecule has 2 spiro atoms. The first-order valence-corrected chi connectivity index (χ1v) is 10.3. The third-order valence-electron chi connectivity index (χ3n) is 7.76. The zero-order valence-electron chi connectivity index (χ0n) is 16.5. The average molecular weight is 399 g/mol. The molecule has 6 rings (SSSR count). The Morgan fingerprint density at radius 3 is 2.83 bits per heavy atom. The first kappa shape index (κ1) is 17.9. The zero-order chi connectivity index (χ0) is 20.0. The van der Waals surface area contributed by atoms with Crippen LogP contribution in [0.15, 0.2) is 24.8 Å². The molecule has 3 aliphatic heterocycles. The van der Waals surface area contributed by atoms with Crippen molar-refractivity contribution < 1.29 is 28.8 Å². The van der Waals surface area contributed by atoms with Crippen LogP contribution in [-0.4, -0.2) is 72.7 Å². The van der Waals surface area contributed by atoms with Crippen LogP contribution in [0.4, 0.5) is 0 Å². The highest BCUT2D eigenvalue weighted by Gasteiger charge is 2.78. The number of fused-ring (bicyclic) bond motifs is 1. The number of Topliss-reactive ketones (excluding diaryl/α,β-unsaturated/α-hetero) is 1. The molecule has 4 atom stereocenters. The Hall–Kier alpha value is -1.93. The summed E-state index contributed by atoms with van der Waals surface area (Å²) >= 11 is 0. The number of rotatable bonds is 3. The van der Waals surface area contributed by atoms with Gasteiger partial charge in [0.2, 0.25) is 5.79 Å². The third kappa shape index (κ3) is 1.82. The number of likely N-dealkylation sites (tertiary alicyclic amines) is 1. The molecular weight excluding hydrogens is 374 g/mol. The van der Waals surface area contributed by atoms with E-state index in [9.17, 15) is 9.90 Å². The minimum absolute atomic E-state index is 0.0583. The molecule has 1 saturated carbocycles. The Kier molecular flexibility index (Phi) is 3.46. The molecule has 2 bridgehead atoms. The second-order valence-corrected chi connectivity index (χ2v) is 8.72. The van der Waals surface area contributed by atoms with Gasteiger partial charge in [0, 0.05) is 30.6 Å². The molecule has 0 radical (unpaired) electrons. The van der Waals surface area contributed by atoms with E-state index in [4.69, 9.17) is 18.9 Å². The Balaban J connectivity index is 1.65. The van der Waals surface area contributed by atoms with Crippen LogP contribution in [-0.2, 0) is 14.9 Å². The van der Waals surface area contributed by atoms with Crippen molar-refractivity contribution in [3.05, 3.63) is 35.9 Å². The monoisotopic (exact) mass is 399 g/mol. The van der Waals surface area contributed by atoms with E-state index >= 15 is 0 Å². The lowest BCUT2D eigenvalue weighted by molar-refractivity contribution is -0.291. The fraction of sp³-hybridized carbons (Fsp3) is 0.591. The molecule has 2 saturated heterocycles. The van der Waals surface area contributed by atoms with Crippen LogP contribution in [0.25, 0.3) is 0 Å². The van der Waals surface area contributed by atoms with E-state index in [1.54, 1.807) is 19.3 Å². The second-order valence-electron chi connectivity index (χ2n) is 8.72. The van der Waals surface area contributed by atoms with Gasteiger partial charge in [0.25, 0.3) is 0 Å². The Morgan fingerprint density at radius 2 is 2.10 bits per heavy atom.